The van der Waals surface area contributed by atoms with E-state index in [9.17, 15) is 4.79 Å². The molecule has 2 N–H and O–H groups in total. The molecule has 1 amide bonds. The van der Waals surface area contributed by atoms with E-state index in [4.69, 9.17) is 4.74 Å². The maximum Gasteiger partial charge on any atom is 0.238 e. The lowest BCUT2D eigenvalue weighted by Gasteiger charge is -2.12. The number of carbonyl (C=O) groups is 1. The maximum absolute atomic E-state index is 12.2. The molecule has 0 atom stereocenters. The van der Waals surface area contributed by atoms with Crippen LogP contribution in [0, 0.1) is 0 Å². The van der Waals surface area contributed by atoms with Gasteiger partial charge in [-0.3, -0.25) is 4.79 Å². The van der Waals surface area contributed by atoms with E-state index in [1.165, 1.54) is 5.56 Å². The summed E-state index contributed by atoms with van der Waals surface area (Å²) in [7, 11) is 0. The summed E-state index contributed by atoms with van der Waals surface area (Å²) in [5.74, 6) is 1.26. The standard InChI is InChI=1S/C22H22N2O2/c25-22(17-23-16-15-18-9-3-1-4-10-18)24-20-13-7-8-14-21(20)26-19-11-5-2-6-12-19/h1-14,23H,15-17H2,(H,24,25). The molecule has 0 heterocycles. The first-order chi connectivity index (χ1) is 12.8. The van der Waals surface area contributed by atoms with Crippen molar-refractivity contribution in [1.82, 2.24) is 5.32 Å². The van der Waals surface area contributed by atoms with Crippen LogP contribution in [0.15, 0.2) is 84.9 Å². The van der Waals surface area contributed by atoms with Crippen LogP contribution >= 0.6 is 0 Å². The topological polar surface area (TPSA) is 50.4 Å². The fraction of sp³-hybridized carbons (Fsp3) is 0.136. The van der Waals surface area contributed by atoms with Gasteiger partial charge in [-0.25, -0.2) is 0 Å². The number of amides is 1. The minimum Gasteiger partial charge on any atom is -0.455 e. The minimum absolute atomic E-state index is 0.0952. The Morgan fingerprint density at radius 3 is 2.23 bits per heavy atom. The fourth-order valence-electron chi connectivity index (χ4n) is 2.55. The van der Waals surface area contributed by atoms with Gasteiger partial charge in [0.15, 0.2) is 5.75 Å². The Bertz CT molecular complexity index is 820. The van der Waals surface area contributed by atoms with E-state index in [-0.39, 0.29) is 12.5 Å². The third-order valence-corrected chi connectivity index (χ3v) is 3.85. The zero-order chi connectivity index (χ0) is 18.0. The molecular weight excluding hydrogens is 324 g/mol. The number of rotatable bonds is 8. The average Bonchev–Trinajstić information content (AvgIpc) is 2.68. The van der Waals surface area contributed by atoms with Crippen molar-refractivity contribution in [3.63, 3.8) is 0 Å². The minimum atomic E-state index is -0.0952. The summed E-state index contributed by atoms with van der Waals surface area (Å²) in [5.41, 5.74) is 1.91. The van der Waals surface area contributed by atoms with Crippen molar-refractivity contribution in [3.05, 3.63) is 90.5 Å². The van der Waals surface area contributed by atoms with Gasteiger partial charge < -0.3 is 15.4 Å². The quantitative estimate of drug-likeness (QED) is 0.600. The second-order valence-corrected chi connectivity index (χ2v) is 5.87. The second kappa shape index (κ2) is 9.39. The summed E-state index contributed by atoms with van der Waals surface area (Å²) >= 11 is 0. The van der Waals surface area contributed by atoms with Gasteiger partial charge in [-0.2, -0.15) is 0 Å². The van der Waals surface area contributed by atoms with Gasteiger partial charge in [-0.15, -0.1) is 0 Å². The molecule has 0 unspecified atom stereocenters. The molecule has 4 heteroatoms. The van der Waals surface area contributed by atoms with E-state index in [0.717, 1.165) is 18.7 Å². The zero-order valence-electron chi connectivity index (χ0n) is 14.5. The van der Waals surface area contributed by atoms with Gasteiger partial charge in [-0.1, -0.05) is 60.7 Å². The Kier molecular flexibility index (Phi) is 6.40. The predicted molar refractivity (Wildman–Crippen MR) is 105 cm³/mol. The van der Waals surface area contributed by atoms with Gasteiger partial charge >= 0.3 is 0 Å². The van der Waals surface area contributed by atoms with Gasteiger partial charge in [0.1, 0.15) is 5.75 Å². The molecule has 0 aliphatic heterocycles. The van der Waals surface area contributed by atoms with Crippen LogP contribution in [-0.4, -0.2) is 19.0 Å². The Morgan fingerprint density at radius 2 is 1.46 bits per heavy atom. The van der Waals surface area contributed by atoms with Crippen molar-refractivity contribution >= 4 is 11.6 Å². The summed E-state index contributed by atoms with van der Waals surface area (Å²) in [6.07, 6.45) is 0.891. The first-order valence-electron chi connectivity index (χ1n) is 8.68. The second-order valence-electron chi connectivity index (χ2n) is 5.87. The number of nitrogens with one attached hydrogen (secondary N) is 2. The lowest BCUT2D eigenvalue weighted by Crippen LogP contribution is -2.29. The number of anilines is 1. The van der Waals surface area contributed by atoms with Gasteiger partial charge in [0, 0.05) is 0 Å². The Balaban J connectivity index is 1.49. The molecular formula is C22H22N2O2. The molecule has 3 aromatic carbocycles. The van der Waals surface area contributed by atoms with Gasteiger partial charge in [0.05, 0.1) is 12.2 Å². The highest BCUT2D eigenvalue weighted by molar-refractivity contribution is 5.93. The molecule has 3 rings (SSSR count). The van der Waals surface area contributed by atoms with Crippen LogP contribution in [0.2, 0.25) is 0 Å². The molecule has 0 aromatic heterocycles. The van der Waals surface area contributed by atoms with Crippen molar-refractivity contribution < 1.29 is 9.53 Å². The third-order valence-electron chi connectivity index (χ3n) is 3.85. The number of para-hydroxylation sites is 3. The predicted octanol–water partition coefficient (Wildman–Crippen LogP) is 4.25. The van der Waals surface area contributed by atoms with E-state index < -0.39 is 0 Å². The summed E-state index contributed by atoms with van der Waals surface area (Å²) in [5, 5.41) is 6.07. The van der Waals surface area contributed by atoms with Gasteiger partial charge in [-0.05, 0) is 42.8 Å². The van der Waals surface area contributed by atoms with Crippen LogP contribution in [0.25, 0.3) is 0 Å². The highest BCUT2D eigenvalue weighted by atomic mass is 16.5. The van der Waals surface area contributed by atoms with Crippen LogP contribution < -0.4 is 15.4 Å². The number of ether oxygens (including phenoxy) is 1. The van der Waals surface area contributed by atoms with E-state index in [1.807, 2.05) is 72.8 Å². The van der Waals surface area contributed by atoms with E-state index in [1.54, 1.807) is 0 Å². The zero-order valence-corrected chi connectivity index (χ0v) is 14.5. The fourth-order valence-corrected chi connectivity index (χ4v) is 2.55. The summed E-state index contributed by atoms with van der Waals surface area (Å²) in [6, 6.07) is 27.1. The molecule has 0 saturated heterocycles. The van der Waals surface area contributed by atoms with Crippen molar-refractivity contribution in [1.29, 1.82) is 0 Å². The third kappa shape index (κ3) is 5.46. The summed E-state index contributed by atoms with van der Waals surface area (Å²) in [4.78, 5) is 12.2. The maximum atomic E-state index is 12.2. The van der Waals surface area contributed by atoms with Gasteiger partial charge in [0.2, 0.25) is 5.91 Å². The summed E-state index contributed by atoms with van der Waals surface area (Å²) < 4.78 is 5.86. The highest BCUT2D eigenvalue weighted by Crippen LogP contribution is 2.28. The molecule has 0 aliphatic carbocycles. The van der Waals surface area contributed by atoms with Gasteiger partial charge in [0.25, 0.3) is 0 Å². The lowest BCUT2D eigenvalue weighted by atomic mass is 10.1. The van der Waals surface area contributed by atoms with E-state index in [2.05, 4.69) is 22.8 Å². The molecule has 0 bridgehead atoms. The number of benzene rings is 3. The van der Waals surface area contributed by atoms with Crippen LogP contribution in [0.3, 0.4) is 0 Å². The average molecular weight is 346 g/mol. The van der Waals surface area contributed by atoms with Crippen molar-refractivity contribution in [2.24, 2.45) is 0 Å². The first-order valence-corrected chi connectivity index (χ1v) is 8.68. The smallest absolute Gasteiger partial charge is 0.238 e. The molecule has 132 valence electrons. The van der Waals surface area contributed by atoms with E-state index in [0.29, 0.717) is 11.4 Å². The Labute approximate surface area is 153 Å². The van der Waals surface area contributed by atoms with Crippen molar-refractivity contribution in [2.75, 3.05) is 18.4 Å². The van der Waals surface area contributed by atoms with Crippen LogP contribution in [0.4, 0.5) is 5.69 Å². The SMILES string of the molecule is O=C(CNCCc1ccccc1)Nc1ccccc1Oc1ccccc1. The molecule has 0 saturated carbocycles. The molecule has 3 aromatic rings. The monoisotopic (exact) mass is 346 g/mol. The number of hydrogen-bond donors (Lipinski definition) is 2. The Hall–Kier alpha value is -3.11. The van der Waals surface area contributed by atoms with E-state index >= 15 is 0 Å². The molecule has 0 aliphatic rings. The highest BCUT2D eigenvalue weighted by Gasteiger charge is 2.08. The first kappa shape index (κ1) is 17.7. The Morgan fingerprint density at radius 1 is 0.808 bits per heavy atom. The van der Waals surface area contributed by atoms with Crippen LogP contribution in [0.5, 0.6) is 11.5 Å². The molecule has 26 heavy (non-hydrogen) atoms. The van der Waals surface area contributed by atoms with Crippen molar-refractivity contribution in [2.45, 2.75) is 6.42 Å². The van der Waals surface area contributed by atoms with Crippen LogP contribution in [0.1, 0.15) is 5.56 Å². The number of carbonyl (C=O) groups excluding carboxylic acids is 1. The molecule has 0 spiro atoms. The molecule has 0 radical (unpaired) electrons. The van der Waals surface area contributed by atoms with Crippen LogP contribution in [-0.2, 0) is 11.2 Å². The largest absolute Gasteiger partial charge is 0.455 e. The molecule has 0 fully saturated rings. The lowest BCUT2D eigenvalue weighted by molar-refractivity contribution is -0.115. The normalized spacial score (nSPS) is 10.3. The van der Waals surface area contributed by atoms with Crippen molar-refractivity contribution in [3.8, 4) is 11.5 Å². The summed E-state index contributed by atoms with van der Waals surface area (Å²) in [6.45, 7) is 1.01. The molecule has 4 nitrogen and oxygen atoms in total. The number of hydrogen-bond acceptors (Lipinski definition) is 3.